The Hall–Kier alpha value is -2.03. The van der Waals surface area contributed by atoms with E-state index in [-0.39, 0.29) is 23.8 Å². The monoisotopic (exact) mass is 398 g/mol. The van der Waals surface area contributed by atoms with Crippen molar-refractivity contribution in [3.05, 3.63) is 46.3 Å². The second kappa shape index (κ2) is 9.45. The summed E-state index contributed by atoms with van der Waals surface area (Å²) in [6, 6.07) is 8.67. The van der Waals surface area contributed by atoms with Gasteiger partial charge in [-0.2, -0.15) is 0 Å². The lowest BCUT2D eigenvalue weighted by atomic mass is 10.3. The van der Waals surface area contributed by atoms with Crippen molar-refractivity contribution in [2.75, 3.05) is 17.7 Å². The van der Waals surface area contributed by atoms with Crippen molar-refractivity contribution < 1.29 is 19.1 Å². The molecule has 1 heterocycles. The summed E-state index contributed by atoms with van der Waals surface area (Å²) >= 11 is 8.36. The van der Waals surface area contributed by atoms with Gasteiger partial charge in [-0.3, -0.25) is 14.9 Å². The number of imide groups is 1. The zero-order chi connectivity index (χ0) is 18.2. The zero-order valence-corrected chi connectivity index (χ0v) is 15.6. The summed E-state index contributed by atoms with van der Waals surface area (Å²) in [7, 11) is 0. The zero-order valence-electron chi connectivity index (χ0n) is 13.2. The predicted molar refractivity (Wildman–Crippen MR) is 99.6 cm³/mol. The minimum Gasteiger partial charge on any atom is -0.450 e. The summed E-state index contributed by atoms with van der Waals surface area (Å²) in [4.78, 5) is 36.3. The number of hydrogen-bond acceptors (Lipinski definition) is 6. The number of anilines is 1. The molecule has 2 rings (SSSR count). The van der Waals surface area contributed by atoms with E-state index in [0.717, 1.165) is 4.90 Å². The third-order valence-electron chi connectivity index (χ3n) is 2.84. The molecular formula is C16H15ClN2O4S2. The number of halogens is 1. The fourth-order valence-electron chi connectivity index (χ4n) is 1.75. The third-order valence-corrected chi connectivity index (χ3v) is 4.93. The number of alkyl carbamates (subject to hydrolysis) is 1. The standard InChI is InChI=1S/C16H15ClN2O4S2/c1-2-23-16(22)19-14(21)12-7-8-24-15(12)18-13(20)9-25-11-5-3-10(17)4-6-11/h3-8H,2,9H2,1H3,(H,18,20)(H,19,21,22). The number of rotatable bonds is 6. The average Bonchev–Trinajstić information content (AvgIpc) is 3.02. The van der Waals surface area contributed by atoms with Crippen LogP contribution in [0.3, 0.4) is 0 Å². The number of carbonyl (C=O) groups is 3. The number of amides is 3. The molecule has 0 bridgehead atoms. The van der Waals surface area contributed by atoms with Crippen LogP contribution in [0.1, 0.15) is 17.3 Å². The fourth-order valence-corrected chi connectivity index (χ4v) is 3.38. The first-order valence-corrected chi connectivity index (χ1v) is 9.47. The van der Waals surface area contributed by atoms with Gasteiger partial charge in [0.2, 0.25) is 5.91 Å². The highest BCUT2D eigenvalue weighted by Gasteiger charge is 2.17. The summed E-state index contributed by atoms with van der Waals surface area (Å²) in [5, 5.41) is 7.44. The van der Waals surface area contributed by atoms with E-state index in [2.05, 4.69) is 15.4 Å². The second-order valence-corrected chi connectivity index (χ2v) is 7.03. The van der Waals surface area contributed by atoms with Crippen molar-refractivity contribution in [3.63, 3.8) is 0 Å². The summed E-state index contributed by atoms with van der Waals surface area (Å²) in [5.41, 5.74) is 0.211. The van der Waals surface area contributed by atoms with Crippen LogP contribution >= 0.6 is 34.7 Å². The van der Waals surface area contributed by atoms with E-state index in [1.54, 1.807) is 24.4 Å². The van der Waals surface area contributed by atoms with Crippen LogP contribution in [0, 0.1) is 0 Å². The van der Waals surface area contributed by atoms with Crippen LogP contribution in [0.15, 0.2) is 40.6 Å². The lowest BCUT2D eigenvalue weighted by molar-refractivity contribution is -0.113. The molecular weight excluding hydrogens is 384 g/mol. The molecule has 0 fully saturated rings. The van der Waals surface area contributed by atoms with Gasteiger partial charge < -0.3 is 10.1 Å². The van der Waals surface area contributed by atoms with Crippen molar-refractivity contribution in [3.8, 4) is 0 Å². The maximum absolute atomic E-state index is 12.1. The number of nitrogens with one attached hydrogen (secondary N) is 2. The molecule has 0 radical (unpaired) electrons. The molecule has 0 spiro atoms. The van der Waals surface area contributed by atoms with Gasteiger partial charge in [0.05, 0.1) is 17.9 Å². The van der Waals surface area contributed by atoms with Gasteiger partial charge in [-0.05, 0) is 42.6 Å². The highest BCUT2D eigenvalue weighted by molar-refractivity contribution is 8.00. The highest BCUT2D eigenvalue weighted by atomic mass is 35.5. The minimum atomic E-state index is -0.825. The largest absolute Gasteiger partial charge is 0.450 e. The molecule has 6 nitrogen and oxygen atoms in total. The number of ether oxygens (including phenoxy) is 1. The SMILES string of the molecule is CCOC(=O)NC(=O)c1ccsc1NC(=O)CSc1ccc(Cl)cc1. The van der Waals surface area contributed by atoms with Crippen LogP contribution in [0.25, 0.3) is 0 Å². The molecule has 9 heteroatoms. The molecule has 0 saturated carbocycles. The van der Waals surface area contributed by atoms with Crippen LogP contribution in [-0.4, -0.2) is 30.3 Å². The third kappa shape index (κ3) is 6.08. The van der Waals surface area contributed by atoms with Crippen molar-refractivity contribution in [2.45, 2.75) is 11.8 Å². The Morgan fingerprint density at radius 1 is 1.20 bits per heavy atom. The second-order valence-electron chi connectivity index (χ2n) is 4.63. The molecule has 2 N–H and O–H groups in total. The summed E-state index contributed by atoms with van der Waals surface area (Å²) in [5.74, 6) is -0.703. The molecule has 0 aliphatic rings. The Morgan fingerprint density at radius 2 is 1.92 bits per heavy atom. The average molecular weight is 399 g/mol. The maximum Gasteiger partial charge on any atom is 0.414 e. The van der Waals surface area contributed by atoms with E-state index in [4.69, 9.17) is 11.6 Å². The molecule has 132 valence electrons. The summed E-state index contributed by atoms with van der Waals surface area (Å²) in [6.45, 7) is 1.80. The quantitative estimate of drug-likeness (QED) is 0.718. The Bertz CT molecular complexity index is 762. The molecule has 0 aliphatic heterocycles. The Morgan fingerprint density at radius 3 is 2.60 bits per heavy atom. The molecule has 0 atom stereocenters. The van der Waals surface area contributed by atoms with Crippen molar-refractivity contribution in [2.24, 2.45) is 0 Å². The molecule has 3 amide bonds. The topological polar surface area (TPSA) is 84.5 Å². The molecule has 2 aromatic rings. The number of benzene rings is 1. The first-order valence-electron chi connectivity index (χ1n) is 7.23. The Balaban J connectivity index is 1.91. The fraction of sp³-hybridized carbons (Fsp3) is 0.188. The van der Waals surface area contributed by atoms with Crippen molar-refractivity contribution in [1.82, 2.24) is 5.32 Å². The minimum absolute atomic E-state index is 0.161. The van der Waals surface area contributed by atoms with Gasteiger partial charge in [0, 0.05) is 9.92 Å². The number of thioether (sulfide) groups is 1. The molecule has 1 aromatic heterocycles. The molecule has 25 heavy (non-hydrogen) atoms. The smallest absolute Gasteiger partial charge is 0.414 e. The molecule has 1 aromatic carbocycles. The van der Waals surface area contributed by atoms with Crippen LogP contribution in [0.2, 0.25) is 5.02 Å². The van der Waals surface area contributed by atoms with Crippen LogP contribution in [0.4, 0.5) is 9.80 Å². The normalized spacial score (nSPS) is 10.2. The molecule has 0 aliphatic carbocycles. The van der Waals surface area contributed by atoms with E-state index in [1.807, 2.05) is 12.1 Å². The van der Waals surface area contributed by atoms with Crippen molar-refractivity contribution >= 4 is 57.6 Å². The first-order chi connectivity index (χ1) is 12.0. The van der Waals surface area contributed by atoms with Gasteiger partial charge >= 0.3 is 6.09 Å². The molecule has 0 unspecified atom stereocenters. The van der Waals surface area contributed by atoms with Gasteiger partial charge in [-0.25, -0.2) is 4.79 Å². The summed E-state index contributed by atoms with van der Waals surface area (Å²) < 4.78 is 4.66. The van der Waals surface area contributed by atoms with Gasteiger partial charge in [0.15, 0.2) is 0 Å². The van der Waals surface area contributed by atoms with E-state index in [9.17, 15) is 14.4 Å². The van der Waals surface area contributed by atoms with Gasteiger partial charge in [-0.15, -0.1) is 23.1 Å². The van der Waals surface area contributed by atoms with Crippen molar-refractivity contribution in [1.29, 1.82) is 0 Å². The van der Waals surface area contributed by atoms with Gasteiger partial charge in [-0.1, -0.05) is 11.6 Å². The van der Waals surface area contributed by atoms with Gasteiger partial charge in [0.25, 0.3) is 5.91 Å². The number of carbonyl (C=O) groups excluding carboxylic acids is 3. The maximum atomic E-state index is 12.1. The Kier molecular flexibility index (Phi) is 7.30. The van der Waals surface area contributed by atoms with E-state index in [0.29, 0.717) is 10.0 Å². The first kappa shape index (κ1) is 19.3. The lowest BCUT2D eigenvalue weighted by Gasteiger charge is -2.07. The van der Waals surface area contributed by atoms with E-state index >= 15 is 0 Å². The number of thiophene rings is 1. The highest BCUT2D eigenvalue weighted by Crippen LogP contribution is 2.25. The van der Waals surface area contributed by atoms with E-state index < -0.39 is 12.0 Å². The Labute approximate surface area is 157 Å². The van der Waals surface area contributed by atoms with Crippen LogP contribution in [-0.2, 0) is 9.53 Å². The van der Waals surface area contributed by atoms with Crippen LogP contribution in [0.5, 0.6) is 0 Å². The lowest BCUT2D eigenvalue weighted by Crippen LogP contribution is -2.31. The van der Waals surface area contributed by atoms with Crippen LogP contribution < -0.4 is 10.6 Å². The van der Waals surface area contributed by atoms with Gasteiger partial charge in [0.1, 0.15) is 5.00 Å². The molecule has 0 saturated heterocycles. The number of hydrogen-bond donors (Lipinski definition) is 2. The van der Waals surface area contributed by atoms with E-state index in [1.165, 1.54) is 29.2 Å². The summed E-state index contributed by atoms with van der Waals surface area (Å²) in [6.07, 6.45) is -0.825. The predicted octanol–water partition coefficient (Wildman–Crippen LogP) is 4.02.